The van der Waals surface area contributed by atoms with Crippen LogP contribution in [-0.4, -0.2) is 39.7 Å². The Bertz CT molecular complexity index is 1110. The van der Waals surface area contributed by atoms with Crippen molar-refractivity contribution in [2.45, 2.75) is 32.2 Å². The Balaban J connectivity index is 1.28. The van der Waals surface area contributed by atoms with E-state index in [9.17, 15) is 4.79 Å². The van der Waals surface area contributed by atoms with E-state index in [1.807, 2.05) is 12.1 Å². The summed E-state index contributed by atoms with van der Waals surface area (Å²) in [6.07, 6.45) is 5.38. The average Bonchev–Trinajstić information content (AvgIpc) is 3.22. The van der Waals surface area contributed by atoms with Crippen molar-refractivity contribution in [3.05, 3.63) is 69.9 Å². The largest absolute Gasteiger partial charge is 0.454 e. The van der Waals surface area contributed by atoms with Crippen LogP contribution in [0.3, 0.4) is 0 Å². The number of aromatic amines is 1. The fourth-order valence-corrected chi connectivity index (χ4v) is 4.22. The van der Waals surface area contributed by atoms with Crippen molar-refractivity contribution in [2.24, 2.45) is 0 Å². The van der Waals surface area contributed by atoms with Crippen LogP contribution in [0, 0.1) is 6.92 Å². The Labute approximate surface area is 174 Å². The second-order valence-electron chi connectivity index (χ2n) is 7.94. The molecule has 1 N–H and O–H groups in total. The predicted octanol–water partition coefficient (Wildman–Crippen LogP) is 3.25. The van der Waals surface area contributed by atoms with Gasteiger partial charge in [-0.05, 0) is 68.2 Å². The number of aromatic nitrogens is 3. The van der Waals surface area contributed by atoms with Gasteiger partial charge >= 0.3 is 0 Å². The van der Waals surface area contributed by atoms with Gasteiger partial charge in [-0.3, -0.25) is 14.7 Å². The van der Waals surface area contributed by atoms with Crippen LogP contribution in [0.15, 0.2) is 47.5 Å². The number of piperidine rings is 1. The molecule has 7 nitrogen and oxygen atoms in total. The van der Waals surface area contributed by atoms with E-state index in [-0.39, 0.29) is 5.56 Å². The Morgan fingerprint density at radius 1 is 1.10 bits per heavy atom. The van der Waals surface area contributed by atoms with Gasteiger partial charge in [0.1, 0.15) is 5.82 Å². The van der Waals surface area contributed by atoms with E-state index in [1.165, 1.54) is 11.1 Å². The topological polar surface area (TPSA) is 80.3 Å². The van der Waals surface area contributed by atoms with Crippen molar-refractivity contribution >= 4 is 0 Å². The summed E-state index contributed by atoms with van der Waals surface area (Å²) < 4.78 is 11.0. The number of aryl methyl sites for hydroxylation is 1. The number of hydrogen-bond donors (Lipinski definition) is 1. The maximum Gasteiger partial charge on any atom is 0.251 e. The van der Waals surface area contributed by atoms with E-state index >= 15 is 0 Å². The number of nitrogens with zero attached hydrogens (tertiary/aromatic N) is 3. The number of nitrogens with one attached hydrogen (secondary N) is 1. The summed E-state index contributed by atoms with van der Waals surface area (Å²) in [7, 11) is 0. The molecule has 0 spiro atoms. The molecule has 2 aliphatic heterocycles. The van der Waals surface area contributed by atoms with E-state index in [0.717, 1.165) is 55.2 Å². The molecule has 0 atom stereocenters. The molecule has 4 heterocycles. The molecule has 2 aromatic heterocycles. The van der Waals surface area contributed by atoms with Crippen LogP contribution in [0.1, 0.15) is 35.6 Å². The molecule has 30 heavy (non-hydrogen) atoms. The molecule has 0 amide bonds. The maximum absolute atomic E-state index is 12.2. The van der Waals surface area contributed by atoms with E-state index < -0.39 is 0 Å². The molecule has 5 rings (SSSR count). The molecule has 0 aliphatic carbocycles. The summed E-state index contributed by atoms with van der Waals surface area (Å²) in [5, 5.41) is 0. The highest BCUT2D eigenvalue weighted by molar-refractivity contribution is 5.53. The van der Waals surface area contributed by atoms with Crippen molar-refractivity contribution in [1.29, 1.82) is 0 Å². The Morgan fingerprint density at radius 2 is 1.83 bits per heavy atom. The van der Waals surface area contributed by atoms with Crippen molar-refractivity contribution in [1.82, 2.24) is 19.9 Å². The minimum Gasteiger partial charge on any atom is -0.454 e. The molecule has 1 aromatic carbocycles. The highest BCUT2D eigenvalue weighted by atomic mass is 16.7. The fraction of sp³-hybridized carbons (Fsp3) is 0.348. The standard InChI is InChI=1S/C23H24N4O3/c1-15-10-20-21(30-14-29-20)11-18(15)13-27-8-4-16(5-9-27)19-12-22(28)26-23(25-19)17-2-6-24-7-3-17/h2-3,6-7,10-12,16H,4-5,8-9,13-14H2,1H3,(H,25,26,28). The summed E-state index contributed by atoms with van der Waals surface area (Å²) in [4.78, 5) is 26.3. The van der Waals surface area contributed by atoms with Crippen LogP contribution in [-0.2, 0) is 6.54 Å². The zero-order chi connectivity index (χ0) is 20.5. The first-order valence-electron chi connectivity index (χ1n) is 10.3. The highest BCUT2D eigenvalue weighted by Crippen LogP contribution is 2.35. The van der Waals surface area contributed by atoms with Gasteiger partial charge in [0.2, 0.25) is 6.79 Å². The molecule has 0 unspecified atom stereocenters. The summed E-state index contributed by atoms with van der Waals surface area (Å²) in [6.45, 7) is 5.24. The molecule has 7 heteroatoms. The Morgan fingerprint density at radius 3 is 2.60 bits per heavy atom. The summed E-state index contributed by atoms with van der Waals surface area (Å²) in [5.74, 6) is 2.57. The number of H-pyrrole nitrogens is 1. The Hall–Kier alpha value is -3.19. The number of fused-ring (bicyclic) bond motifs is 1. The number of rotatable bonds is 4. The van der Waals surface area contributed by atoms with Gasteiger partial charge in [0, 0.05) is 36.5 Å². The first-order valence-corrected chi connectivity index (χ1v) is 10.3. The number of likely N-dealkylation sites (tertiary alicyclic amines) is 1. The van der Waals surface area contributed by atoms with Crippen molar-refractivity contribution in [3.63, 3.8) is 0 Å². The van der Waals surface area contributed by atoms with Gasteiger partial charge in [0.25, 0.3) is 5.56 Å². The second-order valence-corrected chi connectivity index (χ2v) is 7.94. The molecule has 0 bridgehead atoms. The van der Waals surface area contributed by atoms with Crippen molar-refractivity contribution in [3.8, 4) is 22.9 Å². The van der Waals surface area contributed by atoms with Crippen LogP contribution in [0.4, 0.5) is 0 Å². The molecule has 0 radical (unpaired) electrons. The van der Waals surface area contributed by atoms with E-state index in [1.54, 1.807) is 18.5 Å². The van der Waals surface area contributed by atoms with Crippen LogP contribution >= 0.6 is 0 Å². The van der Waals surface area contributed by atoms with Gasteiger partial charge in [-0.15, -0.1) is 0 Å². The minimum absolute atomic E-state index is 0.106. The molecule has 0 saturated carbocycles. The average molecular weight is 404 g/mol. The number of pyridine rings is 1. The zero-order valence-electron chi connectivity index (χ0n) is 16.9. The SMILES string of the molecule is Cc1cc2c(cc1CN1CCC(c3cc(=O)[nH]c(-c4ccncc4)n3)CC1)OCO2. The summed E-state index contributed by atoms with van der Waals surface area (Å²) in [5.41, 5.74) is 4.14. The summed E-state index contributed by atoms with van der Waals surface area (Å²) in [6, 6.07) is 9.53. The van der Waals surface area contributed by atoms with Crippen LogP contribution in [0.25, 0.3) is 11.4 Å². The normalized spacial score (nSPS) is 16.7. The van der Waals surface area contributed by atoms with Gasteiger partial charge < -0.3 is 14.5 Å². The third kappa shape index (κ3) is 3.80. The monoisotopic (exact) mass is 404 g/mol. The van der Waals surface area contributed by atoms with Gasteiger partial charge in [0.15, 0.2) is 11.5 Å². The summed E-state index contributed by atoms with van der Waals surface area (Å²) >= 11 is 0. The van der Waals surface area contributed by atoms with Gasteiger partial charge in [-0.1, -0.05) is 0 Å². The molecule has 154 valence electrons. The van der Waals surface area contributed by atoms with Crippen molar-refractivity contribution < 1.29 is 9.47 Å². The van der Waals surface area contributed by atoms with Crippen LogP contribution < -0.4 is 15.0 Å². The first kappa shape index (κ1) is 18.8. The molecular formula is C23H24N4O3. The van der Waals surface area contributed by atoms with Gasteiger partial charge in [0.05, 0.1) is 5.69 Å². The van der Waals surface area contributed by atoms with Gasteiger partial charge in [-0.2, -0.15) is 0 Å². The molecule has 2 aliphatic rings. The molecule has 3 aromatic rings. The quantitative estimate of drug-likeness (QED) is 0.719. The van der Waals surface area contributed by atoms with E-state index in [0.29, 0.717) is 18.5 Å². The molecular weight excluding hydrogens is 380 g/mol. The van der Waals surface area contributed by atoms with E-state index in [4.69, 9.17) is 14.5 Å². The van der Waals surface area contributed by atoms with E-state index in [2.05, 4.69) is 33.9 Å². The lowest BCUT2D eigenvalue weighted by Gasteiger charge is -2.32. The molecule has 1 fully saturated rings. The second kappa shape index (κ2) is 7.91. The lowest BCUT2D eigenvalue weighted by Crippen LogP contribution is -2.33. The highest BCUT2D eigenvalue weighted by Gasteiger charge is 2.24. The lowest BCUT2D eigenvalue weighted by atomic mass is 9.92. The van der Waals surface area contributed by atoms with Crippen molar-refractivity contribution in [2.75, 3.05) is 19.9 Å². The third-order valence-corrected chi connectivity index (χ3v) is 5.95. The number of hydrogen-bond acceptors (Lipinski definition) is 6. The zero-order valence-corrected chi connectivity index (χ0v) is 16.9. The fourth-order valence-electron chi connectivity index (χ4n) is 4.22. The lowest BCUT2D eigenvalue weighted by molar-refractivity contribution is 0.173. The molecule has 1 saturated heterocycles. The maximum atomic E-state index is 12.2. The minimum atomic E-state index is -0.106. The number of ether oxygens (including phenoxy) is 2. The predicted molar refractivity (Wildman–Crippen MR) is 113 cm³/mol. The first-order chi connectivity index (χ1) is 14.7. The Kier molecular flexibility index (Phi) is 4.96. The third-order valence-electron chi connectivity index (χ3n) is 5.95. The smallest absolute Gasteiger partial charge is 0.251 e. The number of benzene rings is 1. The van der Waals surface area contributed by atoms with Crippen LogP contribution in [0.5, 0.6) is 11.5 Å². The van der Waals surface area contributed by atoms with Gasteiger partial charge in [-0.25, -0.2) is 4.98 Å². The van der Waals surface area contributed by atoms with Crippen LogP contribution in [0.2, 0.25) is 0 Å².